The highest BCUT2D eigenvalue weighted by atomic mass is 16.5. The Labute approximate surface area is 189 Å². The zero-order valence-corrected chi connectivity index (χ0v) is 19.1. The summed E-state index contributed by atoms with van der Waals surface area (Å²) in [5.74, 6) is 1.70. The van der Waals surface area contributed by atoms with Crippen LogP contribution in [0.2, 0.25) is 0 Å². The third-order valence-electron chi connectivity index (χ3n) is 5.63. The molecule has 2 aromatic carbocycles. The minimum absolute atomic E-state index is 0.0222. The van der Waals surface area contributed by atoms with Gasteiger partial charge in [0.05, 0.1) is 6.61 Å². The first kappa shape index (κ1) is 23.4. The molecule has 0 atom stereocenters. The number of piperidine rings is 1. The lowest BCUT2D eigenvalue weighted by atomic mass is 10.0. The summed E-state index contributed by atoms with van der Waals surface area (Å²) in [5, 5.41) is 3.00. The molecule has 0 aliphatic carbocycles. The number of carbonyl (C=O) groups excluding carboxylic acids is 2. The van der Waals surface area contributed by atoms with Gasteiger partial charge < -0.3 is 24.4 Å². The summed E-state index contributed by atoms with van der Waals surface area (Å²) in [4.78, 5) is 26.6. The number of likely N-dealkylation sites (tertiary alicyclic amines) is 1. The fraction of sp³-hybridized carbons (Fsp3) is 0.440. The Morgan fingerprint density at radius 2 is 1.53 bits per heavy atom. The topological polar surface area (TPSA) is 77.1 Å². The molecule has 7 heteroatoms. The highest BCUT2D eigenvalue weighted by Gasteiger charge is 2.24. The van der Waals surface area contributed by atoms with E-state index < -0.39 is 0 Å². The number of nitrogens with zero attached hydrogens (tertiary/aromatic N) is 1. The molecular weight excluding hydrogens is 408 g/mol. The van der Waals surface area contributed by atoms with Crippen molar-refractivity contribution >= 4 is 11.8 Å². The molecule has 1 saturated heterocycles. The van der Waals surface area contributed by atoms with Crippen LogP contribution in [-0.2, 0) is 9.59 Å². The summed E-state index contributed by atoms with van der Waals surface area (Å²) in [6, 6.07) is 13.1. The van der Waals surface area contributed by atoms with Crippen molar-refractivity contribution in [2.45, 2.75) is 39.7 Å². The summed E-state index contributed by atoms with van der Waals surface area (Å²) in [6.07, 6.45) is 1.41. The molecule has 0 spiro atoms. The van der Waals surface area contributed by atoms with Crippen LogP contribution >= 0.6 is 0 Å². The lowest BCUT2D eigenvalue weighted by Crippen LogP contribution is -2.48. The van der Waals surface area contributed by atoms with Crippen LogP contribution in [0.5, 0.6) is 17.2 Å². The van der Waals surface area contributed by atoms with E-state index in [-0.39, 0.29) is 31.1 Å². The highest BCUT2D eigenvalue weighted by molar-refractivity contribution is 5.79. The average molecular weight is 441 g/mol. The van der Waals surface area contributed by atoms with Crippen molar-refractivity contribution in [3.63, 3.8) is 0 Å². The molecule has 2 aromatic rings. The van der Waals surface area contributed by atoms with E-state index >= 15 is 0 Å². The molecule has 1 aliphatic rings. The fourth-order valence-electron chi connectivity index (χ4n) is 3.64. The van der Waals surface area contributed by atoms with Crippen molar-refractivity contribution < 1.29 is 23.8 Å². The SMILES string of the molecule is CCOc1ccccc1OCC(=O)NC1CCN(C(=O)COc2cccc(C)c2C)CC1. The summed E-state index contributed by atoms with van der Waals surface area (Å²) in [7, 11) is 0. The van der Waals surface area contributed by atoms with Crippen LogP contribution in [0.3, 0.4) is 0 Å². The Bertz CT molecular complexity index is 922. The molecule has 32 heavy (non-hydrogen) atoms. The van der Waals surface area contributed by atoms with Gasteiger partial charge in [-0.2, -0.15) is 0 Å². The smallest absolute Gasteiger partial charge is 0.260 e. The molecule has 0 radical (unpaired) electrons. The zero-order chi connectivity index (χ0) is 22.9. The molecule has 0 aromatic heterocycles. The van der Waals surface area contributed by atoms with Crippen LogP contribution in [0.15, 0.2) is 42.5 Å². The molecule has 2 amide bonds. The number of benzene rings is 2. The number of ether oxygens (including phenoxy) is 3. The maximum atomic E-state index is 12.5. The second kappa shape index (κ2) is 11.4. The van der Waals surface area contributed by atoms with Gasteiger partial charge in [-0.25, -0.2) is 0 Å². The number of nitrogens with one attached hydrogen (secondary N) is 1. The van der Waals surface area contributed by atoms with Gasteiger partial charge in [0.2, 0.25) is 0 Å². The van der Waals surface area contributed by atoms with Crippen LogP contribution in [0.1, 0.15) is 30.9 Å². The minimum atomic E-state index is -0.181. The monoisotopic (exact) mass is 440 g/mol. The number of hydrogen-bond acceptors (Lipinski definition) is 5. The second-order valence-electron chi connectivity index (χ2n) is 7.88. The Morgan fingerprint density at radius 3 is 2.22 bits per heavy atom. The number of aryl methyl sites for hydroxylation is 1. The standard InChI is InChI=1S/C25H32N2O5/c1-4-30-22-9-5-6-10-23(22)31-16-24(28)26-20-12-14-27(15-13-20)25(29)17-32-21-11-7-8-18(2)19(21)3/h5-11,20H,4,12-17H2,1-3H3,(H,26,28). The molecule has 7 nitrogen and oxygen atoms in total. The third-order valence-corrected chi connectivity index (χ3v) is 5.63. The summed E-state index contributed by atoms with van der Waals surface area (Å²) >= 11 is 0. The van der Waals surface area contributed by atoms with E-state index in [0.29, 0.717) is 44.0 Å². The number of carbonyl (C=O) groups is 2. The van der Waals surface area contributed by atoms with Gasteiger partial charge in [0.25, 0.3) is 11.8 Å². The molecule has 1 N–H and O–H groups in total. The Hall–Kier alpha value is -3.22. The van der Waals surface area contributed by atoms with Gasteiger partial charge in [0.1, 0.15) is 5.75 Å². The number of amides is 2. The van der Waals surface area contributed by atoms with E-state index in [1.165, 1.54) is 0 Å². The van der Waals surface area contributed by atoms with Gasteiger partial charge in [-0.15, -0.1) is 0 Å². The van der Waals surface area contributed by atoms with Gasteiger partial charge >= 0.3 is 0 Å². The number of rotatable bonds is 9. The molecule has 172 valence electrons. The molecular formula is C25H32N2O5. The third kappa shape index (κ3) is 6.39. The average Bonchev–Trinajstić information content (AvgIpc) is 2.80. The molecule has 1 heterocycles. The lowest BCUT2D eigenvalue weighted by Gasteiger charge is -2.32. The first-order chi connectivity index (χ1) is 15.5. The van der Waals surface area contributed by atoms with Crippen LogP contribution < -0.4 is 19.5 Å². The van der Waals surface area contributed by atoms with Crippen molar-refractivity contribution in [3.05, 3.63) is 53.6 Å². The van der Waals surface area contributed by atoms with Gasteiger partial charge in [0.15, 0.2) is 24.7 Å². The van der Waals surface area contributed by atoms with Gasteiger partial charge in [-0.1, -0.05) is 24.3 Å². The second-order valence-corrected chi connectivity index (χ2v) is 7.88. The Kier molecular flexibility index (Phi) is 8.36. The van der Waals surface area contributed by atoms with Crippen LogP contribution in [-0.4, -0.2) is 55.7 Å². The van der Waals surface area contributed by atoms with E-state index in [1.807, 2.05) is 57.2 Å². The van der Waals surface area contributed by atoms with Crippen molar-refractivity contribution in [1.29, 1.82) is 0 Å². The van der Waals surface area contributed by atoms with Crippen LogP contribution in [0, 0.1) is 13.8 Å². The van der Waals surface area contributed by atoms with Gasteiger partial charge in [-0.05, 0) is 62.9 Å². The predicted octanol–water partition coefficient (Wildman–Crippen LogP) is 3.27. The first-order valence-corrected chi connectivity index (χ1v) is 11.1. The van der Waals surface area contributed by atoms with Crippen molar-refractivity contribution in [3.8, 4) is 17.2 Å². The van der Waals surface area contributed by atoms with E-state index in [2.05, 4.69) is 5.32 Å². The molecule has 1 fully saturated rings. The van der Waals surface area contributed by atoms with Crippen molar-refractivity contribution in [2.24, 2.45) is 0 Å². The molecule has 1 aliphatic heterocycles. The summed E-state index contributed by atoms with van der Waals surface area (Å²) in [5.41, 5.74) is 2.18. The molecule has 3 rings (SSSR count). The lowest BCUT2D eigenvalue weighted by molar-refractivity contribution is -0.134. The summed E-state index contributed by atoms with van der Waals surface area (Å²) in [6.45, 7) is 7.56. The minimum Gasteiger partial charge on any atom is -0.490 e. The Morgan fingerprint density at radius 1 is 0.906 bits per heavy atom. The fourth-order valence-corrected chi connectivity index (χ4v) is 3.64. The van der Waals surface area contributed by atoms with Crippen molar-refractivity contribution in [1.82, 2.24) is 10.2 Å². The van der Waals surface area contributed by atoms with Crippen molar-refractivity contribution in [2.75, 3.05) is 32.9 Å². The highest BCUT2D eigenvalue weighted by Crippen LogP contribution is 2.26. The first-order valence-electron chi connectivity index (χ1n) is 11.1. The van der Waals surface area contributed by atoms with Gasteiger partial charge in [-0.3, -0.25) is 9.59 Å². The number of hydrogen-bond donors (Lipinski definition) is 1. The normalized spacial score (nSPS) is 14.0. The maximum absolute atomic E-state index is 12.5. The van der Waals surface area contributed by atoms with E-state index in [1.54, 1.807) is 11.0 Å². The van der Waals surface area contributed by atoms with E-state index in [0.717, 1.165) is 16.9 Å². The molecule has 0 bridgehead atoms. The summed E-state index contributed by atoms with van der Waals surface area (Å²) < 4.78 is 16.9. The molecule has 0 unspecified atom stereocenters. The van der Waals surface area contributed by atoms with Crippen LogP contribution in [0.25, 0.3) is 0 Å². The maximum Gasteiger partial charge on any atom is 0.260 e. The van der Waals surface area contributed by atoms with E-state index in [9.17, 15) is 9.59 Å². The van der Waals surface area contributed by atoms with Crippen LogP contribution in [0.4, 0.5) is 0 Å². The number of para-hydroxylation sites is 2. The molecule has 0 saturated carbocycles. The largest absolute Gasteiger partial charge is 0.490 e. The van der Waals surface area contributed by atoms with E-state index in [4.69, 9.17) is 14.2 Å². The zero-order valence-electron chi connectivity index (χ0n) is 19.1. The quantitative estimate of drug-likeness (QED) is 0.648. The predicted molar refractivity (Wildman–Crippen MR) is 122 cm³/mol. The van der Waals surface area contributed by atoms with Gasteiger partial charge in [0, 0.05) is 19.1 Å². The Balaban J connectivity index is 1.39.